The molecule has 0 bridgehead atoms. The number of hydrogen-bond acceptors (Lipinski definition) is 2. The summed E-state index contributed by atoms with van der Waals surface area (Å²) in [6.07, 6.45) is 0. The summed E-state index contributed by atoms with van der Waals surface area (Å²) in [5, 5.41) is 4.84. The highest BCUT2D eigenvalue weighted by atomic mass is 15.0. The maximum atomic E-state index is 5.37. The number of aryl methyl sites for hydroxylation is 2. The number of aromatic nitrogens is 4. The molecule has 0 unspecified atom stereocenters. The van der Waals surface area contributed by atoms with Crippen molar-refractivity contribution < 1.29 is 0 Å². The molecule has 12 rings (SSSR count). The standard InChI is InChI=1S/C60H42N4/c1-39-15-13-21-43(31-39)45-27-29-58-52(35-45)50-23-9-11-25-56(50)63(58)48-33-47(55-38-54(41-17-5-3-6-18-41)61-60(62-55)42-19-7-4-8-20-42)34-49(37-48)64-57-26-12-10-24-51(57)53-36-46(28-30-59(53)64)44-22-14-16-40(2)32-44/h3-38H,1-2H3. The Morgan fingerprint density at radius 3 is 1.22 bits per heavy atom. The zero-order valence-electron chi connectivity index (χ0n) is 35.6. The first-order chi connectivity index (χ1) is 31.5. The van der Waals surface area contributed by atoms with Crippen molar-refractivity contribution in [1.29, 1.82) is 0 Å². The summed E-state index contributed by atoms with van der Waals surface area (Å²) in [7, 11) is 0. The Morgan fingerprint density at radius 2 is 0.703 bits per heavy atom. The molecular formula is C60H42N4. The van der Waals surface area contributed by atoms with Gasteiger partial charge in [-0.15, -0.1) is 0 Å². The summed E-state index contributed by atoms with van der Waals surface area (Å²) in [4.78, 5) is 10.5. The van der Waals surface area contributed by atoms with Gasteiger partial charge in [0.2, 0.25) is 0 Å². The molecule has 3 heterocycles. The lowest BCUT2D eigenvalue weighted by Gasteiger charge is -2.16. The predicted molar refractivity (Wildman–Crippen MR) is 267 cm³/mol. The first kappa shape index (κ1) is 37.4. The number of para-hydroxylation sites is 2. The van der Waals surface area contributed by atoms with E-state index in [1.807, 2.05) is 24.3 Å². The van der Waals surface area contributed by atoms with Gasteiger partial charge in [0.15, 0.2) is 5.82 Å². The molecule has 0 spiro atoms. The lowest BCUT2D eigenvalue weighted by atomic mass is 10.0. The van der Waals surface area contributed by atoms with Gasteiger partial charge in [0.25, 0.3) is 0 Å². The van der Waals surface area contributed by atoms with Crippen LogP contribution in [0.3, 0.4) is 0 Å². The number of hydrogen-bond donors (Lipinski definition) is 0. The first-order valence-corrected chi connectivity index (χ1v) is 21.9. The van der Waals surface area contributed by atoms with Crippen LogP contribution in [0.1, 0.15) is 11.1 Å². The van der Waals surface area contributed by atoms with Crippen LogP contribution in [0.5, 0.6) is 0 Å². The molecule has 4 heteroatoms. The number of rotatable bonds is 7. The third-order valence-electron chi connectivity index (χ3n) is 12.6. The first-order valence-electron chi connectivity index (χ1n) is 21.9. The van der Waals surface area contributed by atoms with Gasteiger partial charge in [-0.25, -0.2) is 9.97 Å². The van der Waals surface area contributed by atoms with Crippen LogP contribution in [-0.2, 0) is 0 Å². The van der Waals surface area contributed by atoms with Crippen LogP contribution in [-0.4, -0.2) is 19.1 Å². The molecule has 0 N–H and O–H groups in total. The van der Waals surface area contributed by atoms with Crippen molar-refractivity contribution in [2.24, 2.45) is 0 Å². The number of nitrogens with zero attached hydrogens (tertiary/aromatic N) is 4. The van der Waals surface area contributed by atoms with Gasteiger partial charge >= 0.3 is 0 Å². The van der Waals surface area contributed by atoms with Crippen molar-refractivity contribution in [3.05, 3.63) is 230 Å². The van der Waals surface area contributed by atoms with E-state index in [9.17, 15) is 0 Å². The van der Waals surface area contributed by atoms with Crippen LogP contribution in [0.2, 0.25) is 0 Å². The lowest BCUT2D eigenvalue weighted by molar-refractivity contribution is 1.13. The Kier molecular flexibility index (Phi) is 8.91. The van der Waals surface area contributed by atoms with Crippen molar-refractivity contribution in [2.75, 3.05) is 0 Å². The molecule has 0 aliphatic heterocycles. The number of fused-ring (bicyclic) bond motifs is 6. The second kappa shape index (κ2) is 15.2. The second-order valence-electron chi connectivity index (χ2n) is 16.8. The summed E-state index contributed by atoms with van der Waals surface area (Å²) in [5.41, 5.74) is 18.7. The summed E-state index contributed by atoms with van der Waals surface area (Å²) in [6, 6.07) is 78.7. The van der Waals surface area contributed by atoms with Gasteiger partial charge in [0, 0.05) is 49.6 Å². The molecule has 12 aromatic rings. The average molecular weight is 819 g/mol. The van der Waals surface area contributed by atoms with E-state index in [2.05, 4.69) is 217 Å². The third kappa shape index (κ3) is 6.47. The maximum Gasteiger partial charge on any atom is 0.160 e. The Hall–Kier alpha value is -8.34. The fourth-order valence-electron chi connectivity index (χ4n) is 9.58. The zero-order valence-corrected chi connectivity index (χ0v) is 35.6. The topological polar surface area (TPSA) is 35.6 Å². The largest absolute Gasteiger partial charge is 0.309 e. The van der Waals surface area contributed by atoms with Gasteiger partial charge in [0.05, 0.1) is 33.5 Å². The third-order valence-corrected chi connectivity index (χ3v) is 12.6. The Balaban J connectivity index is 1.15. The van der Waals surface area contributed by atoms with E-state index in [4.69, 9.17) is 9.97 Å². The minimum Gasteiger partial charge on any atom is -0.309 e. The van der Waals surface area contributed by atoms with Crippen molar-refractivity contribution in [2.45, 2.75) is 13.8 Å². The molecule has 0 amide bonds. The second-order valence-corrected chi connectivity index (χ2v) is 16.8. The smallest absolute Gasteiger partial charge is 0.160 e. The van der Waals surface area contributed by atoms with Gasteiger partial charge in [-0.05, 0) is 96.8 Å². The SMILES string of the molecule is Cc1cccc(-c2ccc3c(c2)c2ccccc2n3-c2cc(-c3cc(-c4ccccc4)nc(-c4ccccc4)n3)cc(-n3c4ccccc4c4cc(-c5cccc(C)c5)ccc43)c2)c1. The molecule has 0 saturated carbocycles. The minimum atomic E-state index is 0.685. The van der Waals surface area contributed by atoms with Crippen LogP contribution in [0, 0.1) is 13.8 Å². The van der Waals surface area contributed by atoms with Gasteiger partial charge in [0.1, 0.15) is 0 Å². The van der Waals surface area contributed by atoms with E-state index in [0.29, 0.717) is 5.82 Å². The molecule has 302 valence electrons. The molecule has 0 atom stereocenters. The molecule has 0 aliphatic rings. The van der Waals surface area contributed by atoms with Gasteiger partial charge in [-0.2, -0.15) is 0 Å². The lowest BCUT2D eigenvalue weighted by Crippen LogP contribution is -2.01. The van der Waals surface area contributed by atoms with Crippen molar-refractivity contribution in [3.63, 3.8) is 0 Å². The highest BCUT2D eigenvalue weighted by Gasteiger charge is 2.20. The summed E-state index contributed by atoms with van der Waals surface area (Å²) >= 11 is 0. The monoisotopic (exact) mass is 818 g/mol. The van der Waals surface area contributed by atoms with Gasteiger partial charge < -0.3 is 9.13 Å². The van der Waals surface area contributed by atoms with Crippen molar-refractivity contribution >= 4 is 43.6 Å². The van der Waals surface area contributed by atoms with E-state index in [1.165, 1.54) is 54.9 Å². The molecule has 0 aliphatic carbocycles. The predicted octanol–water partition coefficient (Wildman–Crippen LogP) is 15.6. The van der Waals surface area contributed by atoms with E-state index in [-0.39, 0.29) is 0 Å². The quantitative estimate of drug-likeness (QED) is 0.161. The van der Waals surface area contributed by atoms with Crippen LogP contribution in [0.15, 0.2) is 218 Å². The van der Waals surface area contributed by atoms with E-state index in [0.717, 1.165) is 61.5 Å². The Labute approximate surface area is 372 Å². The van der Waals surface area contributed by atoms with Crippen molar-refractivity contribution in [3.8, 4) is 67.5 Å². The van der Waals surface area contributed by atoms with Gasteiger partial charge in [-0.1, -0.05) is 169 Å². The summed E-state index contributed by atoms with van der Waals surface area (Å²) in [5.74, 6) is 0.685. The van der Waals surface area contributed by atoms with Gasteiger partial charge in [-0.3, -0.25) is 0 Å². The Morgan fingerprint density at radius 1 is 0.281 bits per heavy atom. The molecule has 3 aromatic heterocycles. The summed E-state index contributed by atoms with van der Waals surface area (Å²) in [6.45, 7) is 4.31. The molecule has 0 saturated heterocycles. The number of benzene rings is 9. The Bertz CT molecular complexity index is 3510. The highest BCUT2D eigenvalue weighted by Crippen LogP contribution is 2.40. The van der Waals surface area contributed by atoms with E-state index >= 15 is 0 Å². The van der Waals surface area contributed by atoms with Crippen molar-refractivity contribution in [1.82, 2.24) is 19.1 Å². The fourth-order valence-corrected chi connectivity index (χ4v) is 9.58. The minimum absolute atomic E-state index is 0.685. The fraction of sp³-hybridized carbons (Fsp3) is 0.0333. The molecular weight excluding hydrogens is 777 g/mol. The molecule has 64 heavy (non-hydrogen) atoms. The molecule has 9 aromatic carbocycles. The summed E-state index contributed by atoms with van der Waals surface area (Å²) < 4.78 is 4.86. The maximum absolute atomic E-state index is 5.37. The zero-order chi connectivity index (χ0) is 42.7. The van der Waals surface area contributed by atoms with Crippen LogP contribution < -0.4 is 0 Å². The molecule has 0 fully saturated rings. The van der Waals surface area contributed by atoms with Crippen LogP contribution >= 0.6 is 0 Å². The molecule has 4 nitrogen and oxygen atoms in total. The molecule has 0 radical (unpaired) electrons. The van der Waals surface area contributed by atoms with Crippen LogP contribution in [0.25, 0.3) is 111 Å². The van der Waals surface area contributed by atoms with Crippen LogP contribution in [0.4, 0.5) is 0 Å². The van der Waals surface area contributed by atoms with E-state index < -0.39 is 0 Å². The average Bonchev–Trinajstić information content (AvgIpc) is 3.86. The highest BCUT2D eigenvalue weighted by molar-refractivity contribution is 6.12. The van der Waals surface area contributed by atoms with E-state index in [1.54, 1.807) is 0 Å². The normalized spacial score (nSPS) is 11.6.